The number of hydrogen-bond donors (Lipinski definition) is 0. The highest BCUT2D eigenvalue weighted by Crippen LogP contribution is 2.15. The smallest absolute Gasteiger partial charge is 0.294 e. The van der Waals surface area contributed by atoms with Crippen LogP contribution in [0, 0.1) is 20.2 Å². The molecule has 0 saturated heterocycles. The summed E-state index contributed by atoms with van der Waals surface area (Å²) in [5.74, 6) is 0. The molecule has 25 heavy (non-hydrogen) atoms. The molecule has 0 spiro atoms. The fourth-order valence-electron chi connectivity index (χ4n) is 2.19. The van der Waals surface area contributed by atoms with E-state index in [0.29, 0.717) is 11.1 Å². The highest BCUT2D eigenvalue weighted by Gasteiger charge is 2.07. The van der Waals surface area contributed by atoms with Crippen molar-refractivity contribution in [3.63, 3.8) is 0 Å². The Bertz CT molecular complexity index is 674. The van der Waals surface area contributed by atoms with Crippen LogP contribution in [0.25, 0.3) is 0 Å². The summed E-state index contributed by atoms with van der Waals surface area (Å²) in [5.41, 5.74) is 2.85. The first-order valence-electron chi connectivity index (χ1n) is 7.32. The molecule has 0 bridgehead atoms. The molecule has 9 heteroatoms. The Kier molecular flexibility index (Phi) is 6.66. The molecule has 2 rings (SSSR count). The number of rotatable bonds is 10. The van der Waals surface area contributed by atoms with Crippen molar-refractivity contribution in [2.75, 3.05) is 0 Å². The van der Waals surface area contributed by atoms with E-state index < -0.39 is 10.2 Å². The molecule has 0 fully saturated rings. The lowest BCUT2D eigenvalue weighted by molar-refractivity contribution is -0.763. The molecule has 0 N–H and O–H groups in total. The first-order chi connectivity index (χ1) is 12.1. The van der Waals surface area contributed by atoms with Crippen molar-refractivity contribution in [3.8, 4) is 0 Å². The maximum Gasteiger partial charge on any atom is 0.294 e. The molecule has 0 radical (unpaired) electrons. The van der Waals surface area contributed by atoms with Gasteiger partial charge < -0.3 is 14.4 Å². The van der Waals surface area contributed by atoms with E-state index >= 15 is 0 Å². The minimum atomic E-state index is -0.844. The Morgan fingerprint density at radius 2 is 0.960 bits per heavy atom. The molecule has 0 aliphatic rings. The van der Waals surface area contributed by atoms with Gasteiger partial charge in [0.05, 0.1) is 13.2 Å². The van der Waals surface area contributed by atoms with Crippen LogP contribution in [-0.2, 0) is 40.8 Å². The van der Waals surface area contributed by atoms with Gasteiger partial charge in [-0.1, -0.05) is 48.5 Å². The van der Waals surface area contributed by atoms with E-state index in [1.807, 2.05) is 0 Å². The van der Waals surface area contributed by atoms with Crippen molar-refractivity contribution in [2.45, 2.75) is 26.4 Å². The maximum atomic E-state index is 10.3. The van der Waals surface area contributed by atoms with Gasteiger partial charge in [-0.25, -0.2) is 0 Å². The molecule has 0 aliphatic heterocycles. The Labute approximate surface area is 143 Å². The van der Waals surface area contributed by atoms with Gasteiger partial charge in [0, 0.05) is 0 Å². The molecular formula is C16H16N2O7. The lowest BCUT2D eigenvalue weighted by Gasteiger charge is -2.11. The third kappa shape index (κ3) is 6.07. The molecule has 0 atom stereocenters. The Balaban J connectivity index is 1.95. The molecule has 0 aromatic heterocycles. The number of nitrogens with zero attached hydrogens (tertiary/aromatic N) is 2. The second kappa shape index (κ2) is 9.18. The summed E-state index contributed by atoms with van der Waals surface area (Å²) < 4.78 is 5.65. The van der Waals surface area contributed by atoms with Crippen LogP contribution in [-0.4, -0.2) is 10.2 Å². The number of ether oxygens (including phenoxy) is 1. The van der Waals surface area contributed by atoms with Crippen molar-refractivity contribution in [1.82, 2.24) is 0 Å². The third-order valence-electron chi connectivity index (χ3n) is 3.40. The average molecular weight is 348 g/mol. The van der Waals surface area contributed by atoms with Gasteiger partial charge in [0.15, 0.2) is 0 Å². The molecule has 0 unspecified atom stereocenters. The summed E-state index contributed by atoms with van der Waals surface area (Å²) in [7, 11) is 0. The van der Waals surface area contributed by atoms with Crippen molar-refractivity contribution in [1.29, 1.82) is 0 Å². The normalized spacial score (nSPS) is 10.2. The summed E-state index contributed by atoms with van der Waals surface area (Å²) in [6.07, 6.45) is 0. The van der Waals surface area contributed by atoms with Crippen LogP contribution in [0.15, 0.2) is 48.5 Å². The third-order valence-corrected chi connectivity index (χ3v) is 3.40. The Hall–Kier alpha value is -3.20. The molecule has 0 aliphatic carbocycles. The molecule has 9 nitrogen and oxygen atoms in total. The number of hydrogen-bond acceptors (Lipinski definition) is 7. The predicted octanol–water partition coefficient (Wildman–Crippen LogP) is 2.82. The van der Waals surface area contributed by atoms with Crippen LogP contribution in [0.2, 0.25) is 0 Å². The summed E-state index contributed by atoms with van der Waals surface area (Å²) in [4.78, 5) is 29.4. The SMILES string of the molecule is O=[N+]([O-])OCc1ccccc1COCc1ccccc1CO[N+](=O)[O-]. The monoisotopic (exact) mass is 348 g/mol. The number of benzene rings is 2. The highest BCUT2D eigenvalue weighted by molar-refractivity contribution is 5.27. The minimum absolute atomic E-state index is 0.153. The van der Waals surface area contributed by atoms with Gasteiger partial charge in [0.2, 0.25) is 0 Å². The summed E-state index contributed by atoms with van der Waals surface area (Å²) in [6.45, 7) is 0.142. The standard InChI is InChI=1S/C16H16N2O7/c19-17(20)24-11-15-7-3-1-5-13(15)9-23-10-14-6-2-4-8-16(14)12-25-18(21)22/h1-8H,9-12H2. The van der Waals surface area contributed by atoms with Gasteiger partial charge in [0.25, 0.3) is 10.2 Å². The highest BCUT2D eigenvalue weighted by atomic mass is 17.0. The molecule has 2 aromatic rings. The van der Waals surface area contributed by atoms with E-state index in [1.165, 1.54) is 0 Å². The maximum absolute atomic E-state index is 10.3. The van der Waals surface area contributed by atoms with E-state index in [-0.39, 0.29) is 26.4 Å². The van der Waals surface area contributed by atoms with E-state index in [0.717, 1.165) is 11.1 Å². The van der Waals surface area contributed by atoms with Crippen LogP contribution in [0.5, 0.6) is 0 Å². The van der Waals surface area contributed by atoms with E-state index in [4.69, 9.17) is 4.74 Å². The first-order valence-corrected chi connectivity index (χ1v) is 7.32. The van der Waals surface area contributed by atoms with Crippen molar-refractivity contribution >= 4 is 0 Å². The van der Waals surface area contributed by atoms with Crippen LogP contribution >= 0.6 is 0 Å². The zero-order chi connectivity index (χ0) is 18.1. The molecule has 2 aromatic carbocycles. The van der Waals surface area contributed by atoms with Crippen LogP contribution < -0.4 is 0 Å². The molecule has 0 saturated carbocycles. The fourth-order valence-corrected chi connectivity index (χ4v) is 2.19. The largest absolute Gasteiger partial charge is 0.372 e. The van der Waals surface area contributed by atoms with E-state index in [9.17, 15) is 20.2 Å². The fraction of sp³-hybridized carbons (Fsp3) is 0.250. The van der Waals surface area contributed by atoms with E-state index in [1.54, 1.807) is 48.5 Å². The van der Waals surface area contributed by atoms with Gasteiger partial charge in [0.1, 0.15) is 13.2 Å². The second-order valence-electron chi connectivity index (χ2n) is 5.02. The van der Waals surface area contributed by atoms with Crippen molar-refractivity contribution in [3.05, 3.63) is 91.0 Å². The molecule has 0 heterocycles. The summed E-state index contributed by atoms with van der Waals surface area (Å²) >= 11 is 0. The first kappa shape index (κ1) is 18.1. The molecule has 132 valence electrons. The second-order valence-corrected chi connectivity index (χ2v) is 5.02. The Morgan fingerprint density at radius 1 is 0.640 bits per heavy atom. The summed E-state index contributed by atoms with van der Waals surface area (Å²) in [5, 5.41) is 19.0. The van der Waals surface area contributed by atoms with Crippen molar-refractivity contribution in [2.24, 2.45) is 0 Å². The topological polar surface area (TPSA) is 114 Å². The lowest BCUT2D eigenvalue weighted by atomic mass is 10.1. The zero-order valence-corrected chi connectivity index (χ0v) is 13.2. The van der Waals surface area contributed by atoms with Gasteiger partial charge >= 0.3 is 0 Å². The predicted molar refractivity (Wildman–Crippen MR) is 84.9 cm³/mol. The molecule has 0 amide bonds. The van der Waals surface area contributed by atoms with Gasteiger partial charge in [-0.15, -0.1) is 20.2 Å². The molecular weight excluding hydrogens is 332 g/mol. The average Bonchev–Trinajstić information content (AvgIpc) is 2.60. The zero-order valence-electron chi connectivity index (χ0n) is 13.2. The van der Waals surface area contributed by atoms with Crippen LogP contribution in [0.3, 0.4) is 0 Å². The van der Waals surface area contributed by atoms with Gasteiger partial charge in [-0.05, 0) is 22.3 Å². The van der Waals surface area contributed by atoms with Crippen LogP contribution in [0.1, 0.15) is 22.3 Å². The quantitative estimate of drug-likeness (QED) is 0.479. The lowest BCUT2D eigenvalue weighted by Crippen LogP contribution is -2.06. The van der Waals surface area contributed by atoms with Crippen molar-refractivity contribution < 1.29 is 24.6 Å². The van der Waals surface area contributed by atoms with Gasteiger partial charge in [-0.2, -0.15) is 0 Å². The summed E-state index contributed by atoms with van der Waals surface area (Å²) in [6, 6.07) is 14.1. The van der Waals surface area contributed by atoms with Crippen LogP contribution in [0.4, 0.5) is 0 Å². The van der Waals surface area contributed by atoms with Gasteiger partial charge in [-0.3, -0.25) is 0 Å². The van der Waals surface area contributed by atoms with E-state index in [2.05, 4.69) is 9.68 Å². The Morgan fingerprint density at radius 3 is 1.28 bits per heavy atom. The minimum Gasteiger partial charge on any atom is -0.372 e.